The van der Waals surface area contributed by atoms with E-state index in [1.54, 1.807) is 30.3 Å². The molecule has 0 saturated heterocycles. The Labute approximate surface area is 189 Å². The van der Waals surface area contributed by atoms with Crippen LogP contribution in [0.4, 0.5) is 0 Å². The van der Waals surface area contributed by atoms with Crippen molar-refractivity contribution in [1.82, 2.24) is 16.2 Å². The predicted molar refractivity (Wildman–Crippen MR) is 123 cm³/mol. The molecule has 0 bridgehead atoms. The fourth-order valence-electron chi connectivity index (χ4n) is 2.34. The summed E-state index contributed by atoms with van der Waals surface area (Å²) in [7, 11) is 0. The number of carbonyl (C=O) groups is 2. The third-order valence-electron chi connectivity index (χ3n) is 3.87. The minimum Gasteiger partial charge on any atom is -0.494 e. The molecule has 0 aromatic heterocycles. The number of hydrazine groups is 1. The van der Waals surface area contributed by atoms with Gasteiger partial charge in [-0.2, -0.15) is 0 Å². The van der Waals surface area contributed by atoms with E-state index in [0.717, 1.165) is 22.9 Å². The molecule has 7 nitrogen and oxygen atoms in total. The van der Waals surface area contributed by atoms with E-state index >= 15 is 0 Å². The molecule has 0 aliphatic carbocycles. The van der Waals surface area contributed by atoms with Gasteiger partial charge in [-0.1, -0.05) is 26.0 Å². The van der Waals surface area contributed by atoms with Gasteiger partial charge in [-0.05, 0) is 76.9 Å². The first-order chi connectivity index (χ1) is 14.4. The Morgan fingerprint density at radius 1 is 1.07 bits per heavy atom. The van der Waals surface area contributed by atoms with Gasteiger partial charge in [0.15, 0.2) is 11.7 Å². The Bertz CT molecular complexity index is 908. The molecule has 2 rings (SSSR count). The molecule has 160 valence electrons. The number of thiocarbonyl (C=S) groups is 1. The fraction of sp³-hybridized carbons (Fsp3) is 0.286. The molecule has 9 heteroatoms. The summed E-state index contributed by atoms with van der Waals surface area (Å²) in [6.07, 6.45) is 1.78. The average molecular weight is 494 g/mol. The normalized spacial score (nSPS) is 10.1. The van der Waals surface area contributed by atoms with Crippen LogP contribution in [0.3, 0.4) is 0 Å². The molecule has 0 spiro atoms. The Kier molecular flexibility index (Phi) is 9.56. The molecule has 0 aliphatic rings. The number of benzene rings is 2. The lowest BCUT2D eigenvalue weighted by Gasteiger charge is -2.12. The standard InChI is InChI=1S/C21H24BrN3O4S/c1-3-10-28-16-7-5-6-15(12-16)20(27)23-21(30)25-24-19(26)13-29-18-9-8-14(4-2)11-17(18)22/h5-9,11-12H,3-4,10,13H2,1-2H3,(H,24,26)(H2,23,25,27,30). The average Bonchev–Trinajstić information content (AvgIpc) is 2.75. The van der Waals surface area contributed by atoms with Crippen LogP contribution in [0.1, 0.15) is 36.2 Å². The van der Waals surface area contributed by atoms with Crippen LogP contribution in [0.15, 0.2) is 46.9 Å². The summed E-state index contributed by atoms with van der Waals surface area (Å²) >= 11 is 8.46. The molecular weight excluding hydrogens is 470 g/mol. The molecule has 2 amide bonds. The number of ether oxygens (including phenoxy) is 2. The van der Waals surface area contributed by atoms with Gasteiger partial charge in [0, 0.05) is 5.56 Å². The van der Waals surface area contributed by atoms with Crippen molar-refractivity contribution in [3.8, 4) is 11.5 Å². The highest BCUT2D eigenvalue weighted by molar-refractivity contribution is 9.10. The van der Waals surface area contributed by atoms with Gasteiger partial charge in [-0.25, -0.2) is 0 Å². The Hall–Kier alpha value is -2.65. The molecule has 2 aromatic carbocycles. The largest absolute Gasteiger partial charge is 0.494 e. The maximum atomic E-state index is 12.3. The Balaban J connectivity index is 1.77. The van der Waals surface area contributed by atoms with Crippen molar-refractivity contribution < 1.29 is 19.1 Å². The molecule has 0 radical (unpaired) electrons. The summed E-state index contributed by atoms with van der Waals surface area (Å²) in [6, 6.07) is 12.4. The monoisotopic (exact) mass is 493 g/mol. The maximum absolute atomic E-state index is 12.3. The maximum Gasteiger partial charge on any atom is 0.276 e. The second-order valence-corrected chi connectivity index (χ2v) is 7.50. The molecule has 0 atom stereocenters. The van der Waals surface area contributed by atoms with E-state index < -0.39 is 11.8 Å². The zero-order valence-corrected chi connectivity index (χ0v) is 19.2. The molecule has 3 N–H and O–H groups in total. The molecule has 0 saturated carbocycles. The highest BCUT2D eigenvalue weighted by atomic mass is 79.9. The molecule has 0 heterocycles. The smallest absolute Gasteiger partial charge is 0.276 e. The second kappa shape index (κ2) is 12.1. The zero-order valence-electron chi connectivity index (χ0n) is 16.8. The van der Waals surface area contributed by atoms with Crippen molar-refractivity contribution in [3.63, 3.8) is 0 Å². The van der Waals surface area contributed by atoms with Crippen molar-refractivity contribution in [1.29, 1.82) is 0 Å². The van der Waals surface area contributed by atoms with E-state index in [0.29, 0.717) is 23.7 Å². The van der Waals surface area contributed by atoms with Gasteiger partial charge < -0.3 is 9.47 Å². The predicted octanol–water partition coefficient (Wildman–Crippen LogP) is 3.51. The summed E-state index contributed by atoms with van der Waals surface area (Å²) in [5.74, 6) is 0.295. The number of nitrogens with one attached hydrogen (secondary N) is 3. The van der Waals surface area contributed by atoms with Crippen LogP contribution in [-0.2, 0) is 11.2 Å². The molecule has 30 heavy (non-hydrogen) atoms. The van der Waals surface area contributed by atoms with E-state index in [1.165, 1.54) is 0 Å². The lowest BCUT2D eigenvalue weighted by atomic mass is 10.2. The number of carbonyl (C=O) groups excluding carboxylic acids is 2. The van der Waals surface area contributed by atoms with E-state index in [1.807, 2.05) is 19.1 Å². The number of hydrogen-bond acceptors (Lipinski definition) is 5. The molecule has 0 aliphatic heterocycles. The molecule has 2 aromatic rings. The number of aryl methyl sites for hydroxylation is 1. The van der Waals surface area contributed by atoms with Crippen LogP contribution in [-0.4, -0.2) is 30.1 Å². The number of amides is 2. The van der Waals surface area contributed by atoms with Gasteiger partial charge in [0.05, 0.1) is 11.1 Å². The first-order valence-corrected chi connectivity index (χ1v) is 10.7. The van der Waals surface area contributed by atoms with Crippen LogP contribution in [0.5, 0.6) is 11.5 Å². The van der Waals surface area contributed by atoms with Crippen molar-refractivity contribution in [2.45, 2.75) is 26.7 Å². The molecular formula is C21H24BrN3O4S. The van der Waals surface area contributed by atoms with Crippen LogP contribution in [0.25, 0.3) is 0 Å². The minimum atomic E-state index is -0.451. The third-order valence-corrected chi connectivity index (χ3v) is 4.70. The zero-order chi connectivity index (χ0) is 21.9. The van der Waals surface area contributed by atoms with Gasteiger partial charge >= 0.3 is 0 Å². The van der Waals surface area contributed by atoms with Gasteiger partial charge in [0.1, 0.15) is 11.5 Å². The SMILES string of the molecule is CCCOc1cccc(C(=O)NC(=S)NNC(=O)COc2ccc(CC)cc2Br)c1. The van der Waals surface area contributed by atoms with Gasteiger partial charge in [0.2, 0.25) is 0 Å². The quantitative estimate of drug-likeness (QED) is 0.385. The van der Waals surface area contributed by atoms with Crippen LogP contribution >= 0.6 is 28.1 Å². The topological polar surface area (TPSA) is 88.7 Å². The van der Waals surface area contributed by atoms with E-state index in [9.17, 15) is 9.59 Å². The van der Waals surface area contributed by atoms with Gasteiger partial charge in [-0.3, -0.25) is 25.8 Å². The minimum absolute atomic E-state index is 0.0401. The third kappa shape index (κ3) is 7.64. The first kappa shape index (κ1) is 23.6. The Morgan fingerprint density at radius 3 is 2.57 bits per heavy atom. The second-order valence-electron chi connectivity index (χ2n) is 6.24. The summed E-state index contributed by atoms with van der Waals surface area (Å²) < 4.78 is 11.8. The van der Waals surface area contributed by atoms with Gasteiger partial charge in [-0.15, -0.1) is 0 Å². The van der Waals surface area contributed by atoms with Gasteiger partial charge in [0.25, 0.3) is 11.8 Å². The lowest BCUT2D eigenvalue weighted by Crippen LogP contribution is -2.49. The van der Waals surface area contributed by atoms with Crippen LogP contribution in [0.2, 0.25) is 0 Å². The molecule has 0 unspecified atom stereocenters. The van der Waals surface area contributed by atoms with Crippen molar-refractivity contribution in [3.05, 3.63) is 58.1 Å². The fourth-order valence-corrected chi connectivity index (χ4v) is 3.03. The van der Waals surface area contributed by atoms with Crippen LogP contribution in [0, 0.1) is 0 Å². The van der Waals surface area contributed by atoms with E-state index in [-0.39, 0.29) is 11.7 Å². The summed E-state index contributed by atoms with van der Waals surface area (Å²) in [4.78, 5) is 24.2. The summed E-state index contributed by atoms with van der Waals surface area (Å²) in [5.41, 5.74) is 6.41. The van der Waals surface area contributed by atoms with E-state index in [4.69, 9.17) is 21.7 Å². The summed E-state index contributed by atoms with van der Waals surface area (Å²) in [6.45, 7) is 4.41. The highest BCUT2D eigenvalue weighted by Crippen LogP contribution is 2.26. The first-order valence-electron chi connectivity index (χ1n) is 9.47. The molecule has 0 fully saturated rings. The number of hydrogen-bond donors (Lipinski definition) is 3. The number of halogens is 1. The highest BCUT2D eigenvalue weighted by Gasteiger charge is 2.10. The van der Waals surface area contributed by atoms with Crippen molar-refractivity contribution in [2.75, 3.05) is 13.2 Å². The lowest BCUT2D eigenvalue weighted by molar-refractivity contribution is -0.123. The number of rotatable bonds is 8. The van der Waals surface area contributed by atoms with Crippen LogP contribution < -0.4 is 25.6 Å². The van der Waals surface area contributed by atoms with E-state index in [2.05, 4.69) is 39.0 Å². The van der Waals surface area contributed by atoms with Crippen molar-refractivity contribution in [2.24, 2.45) is 0 Å². The van der Waals surface area contributed by atoms with Crippen molar-refractivity contribution >= 4 is 45.1 Å². The Morgan fingerprint density at radius 2 is 1.87 bits per heavy atom. The summed E-state index contributed by atoms with van der Waals surface area (Å²) in [5, 5.41) is 2.45.